The monoisotopic (exact) mass is 316 g/mol. The second-order valence-corrected chi connectivity index (χ2v) is 5.93. The molecule has 7 heteroatoms. The molecule has 0 aromatic carbocycles. The number of hydrogen-bond acceptors (Lipinski definition) is 6. The van der Waals surface area contributed by atoms with E-state index in [0.29, 0.717) is 37.7 Å². The zero-order chi connectivity index (χ0) is 16.2. The molecule has 0 radical (unpaired) electrons. The summed E-state index contributed by atoms with van der Waals surface area (Å²) >= 11 is 0. The summed E-state index contributed by atoms with van der Waals surface area (Å²) in [7, 11) is 0. The lowest BCUT2D eigenvalue weighted by atomic mass is 10.1. The van der Waals surface area contributed by atoms with Crippen molar-refractivity contribution in [1.29, 1.82) is 0 Å². The van der Waals surface area contributed by atoms with Crippen molar-refractivity contribution in [3.05, 3.63) is 6.33 Å². The lowest BCUT2D eigenvalue weighted by Gasteiger charge is -2.26. The van der Waals surface area contributed by atoms with Crippen LogP contribution in [0.3, 0.4) is 0 Å². The number of rotatable bonds is 6. The van der Waals surface area contributed by atoms with Crippen LogP contribution in [0.2, 0.25) is 0 Å². The Morgan fingerprint density at radius 2 is 1.96 bits per heavy atom. The molecule has 1 fully saturated rings. The standard InChI is InChI=1S/C16H24N6O/c1-3-7-17-14-13-15(22(8-4-2)11-18-13)20-16(19-14)21-9-5-12(23)6-10-21/h11H,3-10H2,1-2H3,(H,17,19,20). The molecule has 1 saturated heterocycles. The van der Waals surface area contributed by atoms with Crippen LogP contribution >= 0.6 is 0 Å². The maximum atomic E-state index is 11.5. The van der Waals surface area contributed by atoms with Crippen LogP contribution in [0.15, 0.2) is 6.33 Å². The summed E-state index contributed by atoms with van der Waals surface area (Å²) in [4.78, 5) is 27.5. The molecule has 1 N–H and O–H groups in total. The third-order valence-corrected chi connectivity index (χ3v) is 4.06. The van der Waals surface area contributed by atoms with Gasteiger partial charge in [0, 0.05) is 39.0 Å². The molecule has 0 atom stereocenters. The largest absolute Gasteiger partial charge is 0.368 e. The smallest absolute Gasteiger partial charge is 0.229 e. The van der Waals surface area contributed by atoms with E-state index in [1.807, 2.05) is 6.33 Å². The molecule has 7 nitrogen and oxygen atoms in total. The minimum atomic E-state index is 0.322. The number of piperidine rings is 1. The number of hydrogen-bond donors (Lipinski definition) is 1. The normalized spacial score (nSPS) is 15.4. The van der Waals surface area contributed by atoms with E-state index >= 15 is 0 Å². The van der Waals surface area contributed by atoms with Gasteiger partial charge in [0.2, 0.25) is 5.95 Å². The van der Waals surface area contributed by atoms with Gasteiger partial charge in [0.05, 0.1) is 6.33 Å². The van der Waals surface area contributed by atoms with E-state index in [-0.39, 0.29) is 0 Å². The molecule has 23 heavy (non-hydrogen) atoms. The highest BCUT2D eigenvalue weighted by Crippen LogP contribution is 2.24. The van der Waals surface area contributed by atoms with E-state index in [4.69, 9.17) is 4.98 Å². The van der Waals surface area contributed by atoms with Crippen molar-refractivity contribution in [1.82, 2.24) is 19.5 Å². The highest BCUT2D eigenvalue weighted by molar-refractivity contribution is 5.85. The van der Waals surface area contributed by atoms with Crippen LogP contribution in [0.25, 0.3) is 11.2 Å². The zero-order valence-electron chi connectivity index (χ0n) is 13.9. The number of anilines is 2. The van der Waals surface area contributed by atoms with Gasteiger partial charge < -0.3 is 14.8 Å². The molecular formula is C16H24N6O. The molecule has 0 amide bonds. The first-order valence-corrected chi connectivity index (χ1v) is 8.46. The number of carbonyl (C=O) groups is 1. The predicted octanol–water partition coefficient (Wildman–Crippen LogP) is 2.23. The molecular weight excluding hydrogens is 292 g/mol. The van der Waals surface area contributed by atoms with Gasteiger partial charge in [-0.25, -0.2) is 4.98 Å². The van der Waals surface area contributed by atoms with E-state index in [9.17, 15) is 4.79 Å². The fourth-order valence-corrected chi connectivity index (χ4v) is 2.80. The van der Waals surface area contributed by atoms with Crippen molar-refractivity contribution in [2.24, 2.45) is 0 Å². The summed E-state index contributed by atoms with van der Waals surface area (Å²) in [6.07, 6.45) is 5.04. The van der Waals surface area contributed by atoms with E-state index in [0.717, 1.165) is 42.9 Å². The number of ketones is 1. The average Bonchev–Trinajstić information content (AvgIpc) is 2.97. The zero-order valence-corrected chi connectivity index (χ0v) is 13.9. The Bertz CT molecular complexity index is 685. The van der Waals surface area contributed by atoms with E-state index in [1.54, 1.807) is 0 Å². The van der Waals surface area contributed by atoms with Gasteiger partial charge in [-0.05, 0) is 12.8 Å². The number of Topliss-reactive ketones (excluding diaryl/α,β-unsaturated/α-hetero) is 1. The highest BCUT2D eigenvalue weighted by Gasteiger charge is 2.21. The summed E-state index contributed by atoms with van der Waals surface area (Å²) < 4.78 is 2.08. The molecule has 0 aliphatic carbocycles. The summed E-state index contributed by atoms with van der Waals surface area (Å²) in [5, 5.41) is 3.36. The van der Waals surface area contributed by atoms with Crippen molar-refractivity contribution in [2.75, 3.05) is 29.9 Å². The molecule has 2 aromatic rings. The minimum absolute atomic E-state index is 0.322. The Hall–Kier alpha value is -2.18. The van der Waals surface area contributed by atoms with Gasteiger partial charge in [-0.15, -0.1) is 0 Å². The van der Waals surface area contributed by atoms with Gasteiger partial charge in [-0.1, -0.05) is 13.8 Å². The lowest BCUT2D eigenvalue weighted by molar-refractivity contribution is -0.119. The van der Waals surface area contributed by atoms with Crippen molar-refractivity contribution in [2.45, 2.75) is 46.1 Å². The molecule has 0 spiro atoms. The summed E-state index contributed by atoms with van der Waals surface area (Å²) in [6.45, 7) is 7.39. The maximum Gasteiger partial charge on any atom is 0.229 e. The van der Waals surface area contributed by atoms with Crippen molar-refractivity contribution in [3.8, 4) is 0 Å². The van der Waals surface area contributed by atoms with Gasteiger partial charge in [0.15, 0.2) is 17.0 Å². The average molecular weight is 316 g/mol. The van der Waals surface area contributed by atoms with E-state index < -0.39 is 0 Å². The number of aryl methyl sites for hydroxylation is 1. The Kier molecular flexibility index (Phi) is 4.73. The highest BCUT2D eigenvalue weighted by atomic mass is 16.1. The van der Waals surface area contributed by atoms with Crippen LogP contribution in [-0.2, 0) is 11.3 Å². The fraction of sp³-hybridized carbons (Fsp3) is 0.625. The van der Waals surface area contributed by atoms with Crippen LogP contribution < -0.4 is 10.2 Å². The quantitative estimate of drug-likeness (QED) is 0.880. The third kappa shape index (κ3) is 3.28. The minimum Gasteiger partial charge on any atom is -0.368 e. The fourth-order valence-electron chi connectivity index (χ4n) is 2.80. The van der Waals surface area contributed by atoms with Crippen LogP contribution in [0.5, 0.6) is 0 Å². The molecule has 0 bridgehead atoms. The van der Waals surface area contributed by atoms with Crippen molar-refractivity contribution >= 4 is 28.7 Å². The molecule has 1 aliphatic rings. The number of aromatic nitrogens is 4. The summed E-state index contributed by atoms with van der Waals surface area (Å²) in [6, 6.07) is 0. The van der Waals surface area contributed by atoms with Crippen molar-refractivity contribution in [3.63, 3.8) is 0 Å². The van der Waals surface area contributed by atoms with Gasteiger partial charge in [0.1, 0.15) is 5.78 Å². The second kappa shape index (κ2) is 6.93. The summed E-state index contributed by atoms with van der Waals surface area (Å²) in [5.41, 5.74) is 1.69. The second-order valence-electron chi connectivity index (χ2n) is 5.93. The molecule has 0 unspecified atom stereocenters. The van der Waals surface area contributed by atoms with Crippen LogP contribution in [0, 0.1) is 0 Å². The Morgan fingerprint density at radius 3 is 2.65 bits per heavy atom. The first-order chi connectivity index (χ1) is 11.2. The van der Waals surface area contributed by atoms with E-state index in [2.05, 4.69) is 38.6 Å². The van der Waals surface area contributed by atoms with Crippen LogP contribution in [0.1, 0.15) is 39.5 Å². The Labute approximate surface area is 136 Å². The number of carbonyl (C=O) groups excluding carboxylic acids is 1. The molecule has 0 saturated carbocycles. The van der Waals surface area contributed by atoms with Gasteiger partial charge in [-0.3, -0.25) is 4.79 Å². The SMILES string of the molecule is CCCNc1nc(N2CCC(=O)CC2)nc2c1ncn2CCC. The Morgan fingerprint density at radius 1 is 1.17 bits per heavy atom. The molecule has 124 valence electrons. The van der Waals surface area contributed by atoms with Gasteiger partial charge >= 0.3 is 0 Å². The number of nitrogens with one attached hydrogen (secondary N) is 1. The topological polar surface area (TPSA) is 75.9 Å². The number of imidazole rings is 1. The van der Waals surface area contributed by atoms with E-state index in [1.165, 1.54) is 0 Å². The predicted molar refractivity (Wildman–Crippen MR) is 90.8 cm³/mol. The third-order valence-electron chi connectivity index (χ3n) is 4.06. The van der Waals surface area contributed by atoms with Gasteiger partial charge in [-0.2, -0.15) is 9.97 Å². The van der Waals surface area contributed by atoms with Crippen molar-refractivity contribution < 1.29 is 4.79 Å². The van der Waals surface area contributed by atoms with Crippen LogP contribution in [0.4, 0.5) is 11.8 Å². The summed E-state index contributed by atoms with van der Waals surface area (Å²) in [5.74, 6) is 1.81. The molecule has 3 heterocycles. The molecule has 2 aromatic heterocycles. The Balaban J connectivity index is 1.99. The first-order valence-electron chi connectivity index (χ1n) is 8.46. The van der Waals surface area contributed by atoms with Gasteiger partial charge in [0.25, 0.3) is 0 Å². The molecule has 1 aliphatic heterocycles. The van der Waals surface area contributed by atoms with Crippen LogP contribution in [-0.4, -0.2) is 44.9 Å². The maximum absolute atomic E-state index is 11.5. The number of nitrogens with zero attached hydrogens (tertiary/aromatic N) is 5. The first kappa shape index (κ1) is 15.7. The lowest BCUT2D eigenvalue weighted by Crippen LogP contribution is -2.35. The number of fused-ring (bicyclic) bond motifs is 1. The molecule has 3 rings (SSSR count).